The van der Waals surface area contributed by atoms with Gasteiger partial charge in [0.2, 0.25) is 0 Å². The SMILES string of the molecule is CCCCCCCCC(=O)OCCOCCOCCOCCCC. The fourth-order valence-corrected chi connectivity index (χ4v) is 2.12. The van der Waals surface area contributed by atoms with Gasteiger partial charge in [0.05, 0.1) is 33.0 Å². The van der Waals surface area contributed by atoms with Crippen molar-refractivity contribution in [1.29, 1.82) is 0 Å². The Morgan fingerprint density at radius 2 is 1.08 bits per heavy atom. The Kier molecular flexibility index (Phi) is 19.8. The van der Waals surface area contributed by atoms with E-state index < -0.39 is 0 Å². The van der Waals surface area contributed by atoms with E-state index in [2.05, 4.69) is 13.8 Å². The molecule has 0 saturated carbocycles. The van der Waals surface area contributed by atoms with E-state index >= 15 is 0 Å². The predicted molar refractivity (Wildman–Crippen MR) is 96.3 cm³/mol. The molecule has 5 nitrogen and oxygen atoms in total. The molecule has 0 aromatic carbocycles. The Hall–Kier alpha value is -0.650. The lowest BCUT2D eigenvalue weighted by molar-refractivity contribution is -0.145. The maximum Gasteiger partial charge on any atom is 0.305 e. The highest BCUT2D eigenvalue weighted by molar-refractivity contribution is 5.69. The highest BCUT2D eigenvalue weighted by atomic mass is 16.6. The molecule has 0 saturated heterocycles. The quantitative estimate of drug-likeness (QED) is 0.260. The van der Waals surface area contributed by atoms with Crippen molar-refractivity contribution in [3.8, 4) is 0 Å². The van der Waals surface area contributed by atoms with Gasteiger partial charge in [-0.2, -0.15) is 0 Å². The summed E-state index contributed by atoms with van der Waals surface area (Å²) in [6, 6.07) is 0. The summed E-state index contributed by atoms with van der Waals surface area (Å²) in [6.45, 7) is 8.20. The maximum absolute atomic E-state index is 11.5. The smallest absolute Gasteiger partial charge is 0.305 e. The van der Waals surface area contributed by atoms with Gasteiger partial charge in [0.15, 0.2) is 0 Å². The average molecular weight is 347 g/mol. The van der Waals surface area contributed by atoms with Crippen LogP contribution < -0.4 is 0 Å². The number of ether oxygens (including phenoxy) is 4. The lowest BCUT2D eigenvalue weighted by Gasteiger charge is -2.07. The minimum atomic E-state index is -0.116. The van der Waals surface area contributed by atoms with Gasteiger partial charge in [-0.3, -0.25) is 4.79 Å². The van der Waals surface area contributed by atoms with Gasteiger partial charge in [0.1, 0.15) is 6.61 Å². The van der Waals surface area contributed by atoms with Crippen LogP contribution in [0.3, 0.4) is 0 Å². The van der Waals surface area contributed by atoms with Crippen molar-refractivity contribution in [3.05, 3.63) is 0 Å². The van der Waals surface area contributed by atoms with Gasteiger partial charge in [0, 0.05) is 13.0 Å². The van der Waals surface area contributed by atoms with Gasteiger partial charge in [0.25, 0.3) is 0 Å². The van der Waals surface area contributed by atoms with E-state index in [0.29, 0.717) is 46.1 Å². The van der Waals surface area contributed by atoms with Crippen LogP contribution in [0.2, 0.25) is 0 Å². The second kappa shape index (κ2) is 20.4. The van der Waals surface area contributed by atoms with Crippen LogP contribution in [0.5, 0.6) is 0 Å². The molecular formula is C19H38O5. The summed E-state index contributed by atoms with van der Waals surface area (Å²) < 4.78 is 21.2. The largest absolute Gasteiger partial charge is 0.463 e. The molecule has 0 aliphatic heterocycles. The van der Waals surface area contributed by atoms with Crippen LogP contribution in [0.1, 0.15) is 71.6 Å². The van der Waals surface area contributed by atoms with Gasteiger partial charge >= 0.3 is 5.97 Å². The van der Waals surface area contributed by atoms with Crippen molar-refractivity contribution >= 4 is 5.97 Å². The number of rotatable bonds is 19. The van der Waals surface area contributed by atoms with Crippen LogP contribution in [0, 0.1) is 0 Å². The zero-order valence-electron chi connectivity index (χ0n) is 15.9. The van der Waals surface area contributed by atoms with Crippen LogP contribution in [-0.4, -0.2) is 52.2 Å². The van der Waals surface area contributed by atoms with Crippen molar-refractivity contribution in [2.45, 2.75) is 71.6 Å². The molecule has 0 aromatic heterocycles. The lowest BCUT2D eigenvalue weighted by Crippen LogP contribution is -2.14. The molecule has 0 aliphatic rings. The molecule has 0 heterocycles. The Bertz CT molecular complexity index is 258. The highest BCUT2D eigenvalue weighted by Gasteiger charge is 2.02. The molecule has 24 heavy (non-hydrogen) atoms. The van der Waals surface area contributed by atoms with Crippen molar-refractivity contribution in [3.63, 3.8) is 0 Å². The second-order valence-corrected chi connectivity index (χ2v) is 5.93. The number of carbonyl (C=O) groups is 1. The highest BCUT2D eigenvalue weighted by Crippen LogP contribution is 2.07. The lowest BCUT2D eigenvalue weighted by atomic mass is 10.1. The van der Waals surface area contributed by atoms with Crippen molar-refractivity contribution in [2.75, 3.05) is 46.2 Å². The molecular weight excluding hydrogens is 308 g/mol. The number of hydrogen-bond acceptors (Lipinski definition) is 5. The molecule has 144 valence electrons. The molecule has 0 aromatic rings. The van der Waals surface area contributed by atoms with Gasteiger partial charge in [-0.15, -0.1) is 0 Å². The first kappa shape index (κ1) is 23.4. The van der Waals surface area contributed by atoms with Crippen LogP contribution in [0.25, 0.3) is 0 Å². The topological polar surface area (TPSA) is 54.0 Å². The van der Waals surface area contributed by atoms with E-state index in [1.807, 2.05) is 0 Å². The van der Waals surface area contributed by atoms with Gasteiger partial charge in [-0.1, -0.05) is 52.4 Å². The zero-order valence-corrected chi connectivity index (χ0v) is 15.9. The van der Waals surface area contributed by atoms with E-state index in [-0.39, 0.29) is 5.97 Å². The maximum atomic E-state index is 11.5. The Labute approximate surface area is 148 Å². The van der Waals surface area contributed by atoms with Gasteiger partial charge in [-0.25, -0.2) is 0 Å². The standard InChI is InChI=1S/C19H38O5/c1-3-5-7-8-9-10-11-19(20)24-18-17-23-16-15-22-14-13-21-12-6-4-2/h3-18H2,1-2H3. The van der Waals surface area contributed by atoms with E-state index in [4.69, 9.17) is 18.9 Å². The third kappa shape index (κ3) is 19.4. The summed E-state index contributed by atoms with van der Waals surface area (Å²) in [5, 5.41) is 0. The average Bonchev–Trinajstić information content (AvgIpc) is 2.59. The van der Waals surface area contributed by atoms with E-state index in [1.165, 1.54) is 25.7 Å². The normalized spacial score (nSPS) is 10.9. The fraction of sp³-hybridized carbons (Fsp3) is 0.947. The molecule has 0 atom stereocenters. The second-order valence-electron chi connectivity index (χ2n) is 5.93. The molecule has 0 radical (unpaired) electrons. The third-order valence-corrected chi connectivity index (χ3v) is 3.61. The van der Waals surface area contributed by atoms with Crippen LogP contribution in [0.15, 0.2) is 0 Å². The van der Waals surface area contributed by atoms with Gasteiger partial charge < -0.3 is 18.9 Å². The van der Waals surface area contributed by atoms with Crippen molar-refractivity contribution in [1.82, 2.24) is 0 Å². The summed E-state index contributed by atoms with van der Waals surface area (Å²) in [5.41, 5.74) is 0. The first-order valence-corrected chi connectivity index (χ1v) is 9.70. The fourth-order valence-electron chi connectivity index (χ4n) is 2.12. The summed E-state index contributed by atoms with van der Waals surface area (Å²) in [5.74, 6) is -0.116. The number of carbonyl (C=O) groups excluding carboxylic acids is 1. The van der Waals surface area contributed by atoms with Crippen molar-refractivity contribution < 1.29 is 23.7 Å². The molecule has 0 fully saturated rings. The minimum Gasteiger partial charge on any atom is -0.463 e. The zero-order chi connectivity index (χ0) is 17.7. The first-order chi connectivity index (χ1) is 11.8. The number of hydrogen-bond donors (Lipinski definition) is 0. The minimum absolute atomic E-state index is 0.116. The number of unbranched alkanes of at least 4 members (excludes halogenated alkanes) is 6. The third-order valence-electron chi connectivity index (χ3n) is 3.61. The number of esters is 1. The summed E-state index contributed by atoms with van der Waals surface area (Å²) in [4.78, 5) is 11.5. The van der Waals surface area contributed by atoms with E-state index in [0.717, 1.165) is 32.3 Å². The molecule has 0 N–H and O–H groups in total. The predicted octanol–water partition coefficient (Wildman–Crippen LogP) is 4.13. The molecule has 0 unspecified atom stereocenters. The Morgan fingerprint density at radius 1 is 0.583 bits per heavy atom. The van der Waals surface area contributed by atoms with Crippen LogP contribution in [0.4, 0.5) is 0 Å². The Balaban J connectivity index is 3.11. The van der Waals surface area contributed by atoms with Gasteiger partial charge in [-0.05, 0) is 12.8 Å². The summed E-state index contributed by atoms with van der Waals surface area (Å²) >= 11 is 0. The van der Waals surface area contributed by atoms with E-state index in [9.17, 15) is 4.79 Å². The van der Waals surface area contributed by atoms with E-state index in [1.54, 1.807) is 0 Å². The van der Waals surface area contributed by atoms with Crippen LogP contribution in [-0.2, 0) is 23.7 Å². The summed E-state index contributed by atoms with van der Waals surface area (Å²) in [7, 11) is 0. The molecule has 0 aliphatic carbocycles. The van der Waals surface area contributed by atoms with Crippen LogP contribution >= 0.6 is 0 Å². The first-order valence-electron chi connectivity index (χ1n) is 9.70. The molecule has 5 heteroatoms. The monoisotopic (exact) mass is 346 g/mol. The molecule has 0 amide bonds. The molecule has 0 spiro atoms. The Morgan fingerprint density at radius 3 is 1.71 bits per heavy atom. The molecule has 0 rings (SSSR count). The van der Waals surface area contributed by atoms with Crippen molar-refractivity contribution in [2.24, 2.45) is 0 Å². The molecule has 0 bridgehead atoms. The summed E-state index contributed by atoms with van der Waals surface area (Å²) in [6.07, 6.45) is 9.84.